The summed E-state index contributed by atoms with van der Waals surface area (Å²) >= 11 is 0. The molecule has 1 aromatic rings. The molecule has 1 aliphatic rings. The second-order valence-corrected chi connectivity index (χ2v) is 3.96. The number of hydrogen-bond donors (Lipinski definition) is 2. The fraction of sp³-hybridized carbons (Fsp3) is 0.455. The molecule has 6 heteroatoms. The lowest BCUT2D eigenvalue weighted by Crippen LogP contribution is -2.27. The summed E-state index contributed by atoms with van der Waals surface area (Å²) in [5, 5.41) is 12.4. The summed E-state index contributed by atoms with van der Waals surface area (Å²) in [5.41, 5.74) is 1.60. The molecule has 1 atom stereocenters. The van der Waals surface area contributed by atoms with Crippen LogP contribution in [0.15, 0.2) is 18.2 Å². The minimum Gasteiger partial charge on any atom is -0.484 e. The summed E-state index contributed by atoms with van der Waals surface area (Å²) in [4.78, 5) is 0. The van der Waals surface area contributed by atoms with E-state index in [1.54, 1.807) is 6.07 Å². The molecule has 1 aromatic carbocycles. The Balaban J connectivity index is 2.08. The monoisotopic (exact) mass is 247 g/mol. The van der Waals surface area contributed by atoms with Gasteiger partial charge >= 0.3 is 6.18 Å². The largest absolute Gasteiger partial charge is 0.484 e. The van der Waals surface area contributed by atoms with Gasteiger partial charge in [-0.1, -0.05) is 0 Å². The van der Waals surface area contributed by atoms with Gasteiger partial charge in [0.25, 0.3) is 0 Å². The number of ether oxygens (including phenoxy) is 1. The van der Waals surface area contributed by atoms with Crippen LogP contribution < -0.4 is 10.1 Å². The van der Waals surface area contributed by atoms with Gasteiger partial charge in [0.2, 0.25) is 0 Å². The van der Waals surface area contributed by atoms with Gasteiger partial charge in [-0.3, -0.25) is 0 Å². The predicted octanol–water partition coefficient (Wildman–Crippen LogP) is 1.96. The second kappa shape index (κ2) is 4.44. The number of rotatable bonds is 2. The lowest BCUT2D eigenvalue weighted by Gasteiger charge is -2.23. The van der Waals surface area contributed by atoms with Gasteiger partial charge < -0.3 is 15.2 Å². The maximum absolute atomic E-state index is 12.0. The number of alkyl halides is 3. The van der Waals surface area contributed by atoms with Crippen LogP contribution in [0.1, 0.15) is 5.56 Å². The summed E-state index contributed by atoms with van der Waals surface area (Å²) in [7, 11) is 0. The number of aliphatic hydroxyl groups is 1. The van der Waals surface area contributed by atoms with Crippen molar-refractivity contribution in [3.8, 4) is 5.75 Å². The molecular weight excluding hydrogens is 235 g/mol. The zero-order chi connectivity index (χ0) is 12.5. The lowest BCUT2D eigenvalue weighted by atomic mass is 10.0. The highest BCUT2D eigenvalue weighted by Gasteiger charge is 2.28. The summed E-state index contributed by atoms with van der Waals surface area (Å²) in [6.07, 6.45) is -4.43. The number of nitrogens with one attached hydrogen (secondary N) is 1. The van der Waals surface area contributed by atoms with Crippen molar-refractivity contribution in [3.63, 3.8) is 0 Å². The van der Waals surface area contributed by atoms with E-state index >= 15 is 0 Å². The molecule has 0 bridgehead atoms. The summed E-state index contributed by atoms with van der Waals surface area (Å²) in [5.74, 6) is 0.164. The Kier molecular flexibility index (Phi) is 3.15. The first-order chi connectivity index (χ1) is 7.94. The third-order valence-electron chi connectivity index (χ3n) is 2.46. The van der Waals surface area contributed by atoms with Crippen LogP contribution in [0.4, 0.5) is 18.9 Å². The molecule has 0 spiro atoms. The van der Waals surface area contributed by atoms with Crippen molar-refractivity contribution in [2.24, 2.45) is 0 Å². The standard InChI is InChI=1S/C11H12F3NO2/c12-11(13,14)6-17-9-1-2-10-7(4-9)3-8(16)5-15-10/h1-2,4,8,15-16H,3,5-6H2. The second-order valence-electron chi connectivity index (χ2n) is 3.96. The highest BCUT2D eigenvalue weighted by Crippen LogP contribution is 2.27. The molecule has 0 radical (unpaired) electrons. The minimum absolute atomic E-state index is 0.164. The van der Waals surface area contributed by atoms with E-state index < -0.39 is 18.9 Å². The zero-order valence-electron chi connectivity index (χ0n) is 8.92. The van der Waals surface area contributed by atoms with Crippen LogP contribution in [0.5, 0.6) is 5.75 Å². The zero-order valence-corrected chi connectivity index (χ0v) is 8.92. The lowest BCUT2D eigenvalue weighted by molar-refractivity contribution is -0.153. The molecule has 0 aromatic heterocycles. The van der Waals surface area contributed by atoms with Crippen molar-refractivity contribution in [2.45, 2.75) is 18.7 Å². The fourth-order valence-electron chi connectivity index (χ4n) is 1.72. The Morgan fingerprint density at radius 1 is 1.41 bits per heavy atom. The average molecular weight is 247 g/mol. The van der Waals surface area contributed by atoms with E-state index in [9.17, 15) is 18.3 Å². The Labute approximate surface area is 96.2 Å². The Morgan fingerprint density at radius 2 is 2.18 bits per heavy atom. The fourth-order valence-corrected chi connectivity index (χ4v) is 1.72. The van der Waals surface area contributed by atoms with E-state index in [0.29, 0.717) is 13.0 Å². The normalized spacial score (nSPS) is 19.4. The van der Waals surface area contributed by atoms with Gasteiger partial charge in [0.1, 0.15) is 5.75 Å². The third kappa shape index (κ3) is 3.26. The minimum atomic E-state index is -4.34. The molecule has 2 rings (SSSR count). The molecule has 1 heterocycles. The number of hydrogen-bond acceptors (Lipinski definition) is 3. The predicted molar refractivity (Wildman–Crippen MR) is 56.2 cm³/mol. The molecule has 0 fully saturated rings. The Morgan fingerprint density at radius 3 is 2.88 bits per heavy atom. The van der Waals surface area contributed by atoms with E-state index in [4.69, 9.17) is 0 Å². The van der Waals surface area contributed by atoms with Crippen LogP contribution >= 0.6 is 0 Å². The van der Waals surface area contributed by atoms with Crippen molar-refractivity contribution in [1.82, 2.24) is 0 Å². The van der Waals surface area contributed by atoms with Crippen LogP contribution in [-0.4, -0.2) is 30.5 Å². The van der Waals surface area contributed by atoms with Crippen molar-refractivity contribution in [1.29, 1.82) is 0 Å². The number of benzene rings is 1. The van der Waals surface area contributed by atoms with Gasteiger partial charge in [0, 0.05) is 18.7 Å². The molecule has 0 saturated carbocycles. The highest BCUT2D eigenvalue weighted by atomic mass is 19.4. The van der Waals surface area contributed by atoms with E-state index in [0.717, 1.165) is 11.3 Å². The third-order valence-corrected chi connectivity index (χ3v) is 2.46. The summed E-state index contributed by atoms with van der Waals surface area (Å²) < 4.78 is 40.5. The molecule has 3 nitrogen and oxygen atoms in total. The van der Waals surface area contributed by atoms with Crippen molar-refractivity contribution < 1.29 is 23.0 Å². The molecule has 1 aliphatic heterocycles. The average Bonchev–Trinajstić information content (AvgIpc) is 2.24. The molecule has 94 valence electrons. The quantitative estimate of drug-likeness (QED) is 0.839. The van der Waals surface area contributed by atoms with Gasteiger partial charge in [0.15, 0.2) is 6.61 Å². The van der Waals surface area contributed by atoms with Crippen LogP contribution in [0.25, 0.3) is 0 Å². The number of anilines is 1. The maximum Gasteiger partial charge on any atom is 0.422 e. The number of fused-ring (bicyclic) bond motifs is 1. The van der Waals surface area contributed by atoms with Crippen LogP contribution in [0.3, 0.4) is 0 Å². The summed E-state index contributed by atoms with van der Waals surface area (Å²) in [6.45, 7) is -0.850. The number of halogens is 3. The molecule has 0 aliphatic carbocycles. The van der Waals surface area contributed by atoms with Crippen molar-refractivity contribution in [2.75, 3.05) is 18.5 Å². The Bertz CT molecular complexity index is 406. The van der Waals surface area contributed by atoms with Crippen molar-refractivity contribution in [3.05, 3.63) is 23.8 Å². The first-order valence-corrected chi connectivity index (χ1v) is 5.18. The molecule has 0 saturated heterocycles. The van der Waals surface area contributed by atoms with Gasteiger partial charge in [-0.15, -0.1) is 0 Å². The van der Waals surface area contributed by atoms with Gasteiger partial charge in [-0.2, -0.15) is 13.2 Å². The van der Waals surface area contributed by atoms with Gasteiger partial charge in [0.05, 0.1) is 6.10 Å². The topological polar surface area (TPSA) is 41.5 Å². The highest BCUT2D eigenvalue weighted by molar-refractivity contribution is 5.56. The molecular formula is C11H12F3NO2. The van der Waals surface area contributed by atoms with Gasteiger partial charge in [-0.05, 0) is 23.8 Å². The van der Waals surface area contributed by atoms with E-state index in [1.807, 2.05) is 0 Å². The Hall–Kier alpha value is -1.43. The van der Waals surface area contributed by atoms with Crippen LogP contribution in [0, 0.1) is 0 Å². The molecule has 2 N–H and O–H groups in total. The molecule has 17 heavy (non-hydrogen) atoms. The van der Waals surface area contributed by atoms with Gasteiger partial charge in [-0.25, -0.2) is 0 Å². The molecule has 1 unspecified atom stereocenters. The summed E-state index contributed by atoms with van der Waals surface area (Å²) in [6, 6.07) is 4.67. The SMILES string of the molecule is OC1CNc2ccc(OCC(F)(F)F)cc2C1. The van der Waals surface area contributed by atoms with Crippen LogP contribution in [0.2, 0.25) is 0 Å². The number of aliphatic hydroxyl groups excluding tert-OH is 1. The first-order valence-electron chi connectivity index (χ1n) is 5.18. The molecule has 0 amide bonds. The van der Waals surface area contributed by atoms with E-state index in [-0.39, 0.29) is 5.75 Å². The first kappa shape index (κ1) is 12.0. The maximum atomic E-state index is 12.0. The van der Waals surface area contributed by atoms with E-state index in [2.05, 4.69) is 10.1 Å². The van der Waals surface area contributed by atoms with Crippen molar-refractivity contribution >= 4 is 5.69 Å². The van der Waals surface area contributed by atoms with Crippen LogP contribution in [-0.2, 0) is 6.42 Å². The smallest absolute Gasteiger partial charge is 0.422 e. The van der Waals surface area contributed by atoms with E-state index in [1.165, 1.54) is 12.1 Å². The number of β-amino-alcohol motifs (C(OH)–C–C–N with tert-alkyl or cyclic N) is 1.